The van der Waals surface area contributed by atoms with E-state index < -0.39 is 20.5 Å². The molecule has 0 aromatic heterocycles. The van der Waals surface area contributed by atoms with Gasteiger partial charge in [-0.05, 0) is 53.9 Å². The molecule has 1 N–H and O–H groups in total. The van der Waals surface area contributed by atoms with E-state index in [2.05, 4.69) is 45.8 Å². The lowest BCUT2D eigenvalue weighted by atomic mass is 9.99. The molecular weight excluding hydrogens is 418 g/mol. The summed E-state index contributed by atoms with van der Waals surface area (Å²) in [6, 6.07) is 16.4. The van der Waals surface area contributed by atoms with E-state index in [4.69, 9.17) is 9.16 Å². The predicted octanol–water partition coefficient (Wildman–Crippen LogP) is 6.05. The third-order valence-corrected chi connectivity index (χ3v) is 10.1. The molecule has 2 rings (SSSR count). The molecule has 1 unspecified atom stereocenters. The van der Waals surface area contributed by atoms with E-state index in [1.807, 2.05) is 54.6 Å². The predicted molar refractivity (Wildman–Crippen MR) is 131 cm³/mol. The molecule has 0 aliphatic heterocycles. The first kappa shape index (κ1) is 25.4. The van der Waals surface area contributed by atoms with Gasteiger partial charge in [0.25, 0.3) is 0 Å². The third-order valence-electron chi connectivity index (χ3n) is 5.78. The minimum absolute atomic E-state index is 0.106. The average molecular weight is 454 g/mol. The molecule has 0 saturated heterocycles. The minimum Gasteiger partial charge on any atom is -0.544 e. The smallest absolute Gasteiger partial charge is 0.408 e. The highest BCUT2D eigenvalue weighted by Gasteiger charge is 2.38. The quantitative estimate of drug-likeness (QED) is 0.371. The molecule has 0 fully saturated rings. The molecule has 5 nitrogen and oxygen atoms in total. The Balaban J connectivity index is 2.04. The molecule has 2 aromatic carbocycles. The molecule has 0 aliphatic rings. The normalized spacial score (nSPS) is 12.6. The lowest BCUT2D eigenvalue weighted by Crippen LogP contribution is -2.44. The Hall–Kier alpha value is -2.86. The Bertz CT molecular complexity index is 931. The zero-order chi connectivity index (χ0) is 23.9. The molecule has 1 amide bonds. The third kappa shape index (κ3) is 7.37. The van der Waals surface area contributed by atoms with Crippen LogP contribution in [-0.4, -0.2) is 26.2 Å². The first-order chi connectivity index (χ1) is 14.9. The summed E-state index contributed by atoms with van der Waals surface area (Å²) in [6.45, 7) is 16.5. The maximum Gasteiger partial charge on any atom is 0.408 e. The van der Waals surface area contributed by atoms with Gasteiger partial charge in [0.1, 0.15) is 12.4 Å². The zero-order valence-corrected chi connectivity index (χ0v) is 21.0. The standard InChI is InChI=1S/C26H35NO4Si/c1-19(2)24(28)23(27-25(29)30-18-21-11-9-8-10-12-21)17-20-13-15-22(16-14-20)31-32(6,7)26(3,4)5/h8-16,23H,1,17-18H2,2-7H3,(H,27,29). The van der Waals surface area contributed by atoms with E-state index in [0.717, 1.165) is 16.9 Å². The van der Waals surface area contributed by atoms with Gasteiger partial charge in [-0.25, -0.2) is 4.79 Å². The van der Waals surface area contributed by atoms with Crippen molar-refractivity contribution in [3.05, 3.63) is 77.9 Å². The molecule has 0 aliphatic carbocycles. The summed E-state index contributed by atoms with van der Waals surface area (Å²) in [5.41, 5.74) is 2.18. The SMILES string of the molecule is C=C(C)C(=O)C(Cc1ccc(O[Si](C)(C)C(C)(C)C)cc1)NC(=O)OCc1ccccc1. The van der Waals surface area contributed by atoms with Crippen LogP contribution in [0, 0.1) is 0 Å². The second-order valence-corrected chi connectivity index (χ2v) is 14.3. The molecule has 0 bridgehead atoms. The molecule has 172 valence electrons. The molecule has 2 aromatic rings. The van der Waals surface area contributed by atoms with Gasteiger partial charge in [-0.1, -0.05) is 69.8 Å². The minimum atomic E-state index is -1.93. The number of ether oxygens (including phenoxy) is 1. The fourth-order valence-corrected chi connectivity index (χ4v) is 3.82. The molecule has 1 atom stereocenters. The van der Waals surface area contributed by atoms with E-state index in [1.54, 1.807) is 6.92 Å². The zero-order valence-electron chi connectivity index (χ0n) is 20.0. The summed E-state index contributed by atoms with van der Waals surface area (Å²) < 4.78 is 11.6. The van der Waals surface area contributed by atoms with Gasteiger partial charge in [0, 0.05) is 6.42 Å². The Morgan fingerprint density at radius 1 is 1.00 bits per heavy atom. The lowest BCUT2D eigenvalue weighted by molar-refractivity contribution is -0.117. The van der Waals surface area contributed by atoms with Crippen LogP contribution in [0.15, 0.2) is 66.7 Å². The number of benzene rings is 2. The van der Waals surface area contributed by atoms with E-state index in [0.29, 0.717) is 12.0 Å². The summed E-state index contributed by atoms with van der Waals surface area (Å²) in [6.07, 6.45) is -0.293. The number of amides is 1. The topological polar surface area (TPSA) is 64.6 Å². The van der Waals surface area contributed by atoms with Crippen molar-refractivity contribution >= 4 is 20.2 Å². The van der Waals surface area contributed by atoms with Crippen molar-refractivity contribution in [3.8, 4) is 5.75 Å². The van der Waals surface area contributed by atoms with Crippen LogP contribution < -0.4 is 9.74 Å². The number of carbonyl (C=O) groups excluding carboxylic acids is 2. The molecule has 0 heterocycles. The van der Waals surface area contributed by atoms with Crippen molar-refractivity contribution in [3.63, 3.8) is 0 Å². The maximum absolute atomic E-state index is 12.6. The number of nitrogens with one attached hydrogen (secondary N) is 1. The van der Waals surface area contributed by atoms with Crippen molar-refractivity contribution in [2.24, 2.45) is 0 Å². The molecular formula is C26H35NO4Si. The highest BCUT2D eigenvalue weighted by molar-refractivity contribution is 6.74. The molecule has 0 radical (unpaired) electrons. The van der Waals surface area contributed by atoms with Crippen LogP contribution in [0.25, 0.3) is 0 Å². The summed E-state index contributed by atoms with van der Waals surface area (Å²) in [5, 5.41) is 2.80. The van der Waals surface area contributed by atoms with Crippen LogP contribution in [0.3, 0.4) is 0 Å². The van der Waals surface area contributed by atoms with Gasteiger partial charge >= 0.3 is 6.09 Å². The van der Waals surface area contributed by atoms with Gasteiger partial charge in [-0.15, -0.1) is 0 Å². The average Bonchev–Trinajstić information content (AvgIpc) is 2.72. The van der Waals surface area contributed by atoms with Crippen molar-refractivity contribution in [1.82, 2.24) is 5.32 Å². The second kappa shape index (κ2) is 10.6. The van der Waals surface area contributed by atoms with E-state index in [1.165, 1.54) is 0 Å². The number of Topliss-reactive ketones (excluding diaryl/α,β-unsaturated/α-hetero) is 1. The van der Waals surface area contributed by atoms with E-state index >= 15 is 0 Å². The van der Waals surface area contributed by atoms with Crippen LogP contribution in [0.4, 0.5) is 4.79 Å². The fraction of sp³-hybridized carbons (Fsp3) is 0.385. The summed E-state index contributed by atoms with van der Waals surface area (Å²) >= 11 is 0. The van der Waals surface area contributed by atoms with Gasteiger partial charge in [0.2, 0.25) is 8.32 Å². The van der Waals surface area contributed by atoms with Crippen LogP contribution >= 0.6 is 0 Å². The molecule has 6 heteroatoms. The first-order valence-electron chi connectivity index (χ1n) is 10.8. The number of hydrogen-bond donors (Lipinski definition) is 1. The lowest BCUT2D eigenvalue weighted by Gasteiger charge is -2.36. The van der Waals surface area contributed by atoms with Gasteiger partial charge in [-0.3, -0.25) is 4.79 Å². The van der Waals surface area contributed by atoms with Crippen molar-refractivity contribution in [1.29, 1.82) is 0 Å². The molecule has 0 saturated carbocycles. The Labute approximate surface area is 193 Å². The highest BCUT2D eigenvalue weighted by atomic mass is 28.4. The van der Waals surface area contributed by atoms with Gasteiger partial charge < -0.3 is 14.5 Å². The van der Waals surface area contributed by atoms with Gasteiger partial charge in [-0.2, -0.15) is 0 Å². The van der Waals surface area contributed by atoms with Crippen LogP contribution in [-0.2, 0) is 22.6 Å². The number of carbonyl (C=O) groups is 2. The number of alkyl carbamates (subject to hydrolysis) is 1. The van der Waals surface area contributed by atoms with Gasteiger partial charge in [0.15, 0.2) is 5.78 Å². The second-order valence-electron chi connectivity index (χ2n) is 9.61. The van der Waals surface area contributed by atoms with Gasteiger partial charge in [0.05, 0.1) is 6.04 Å². The molecule has 0 spiro atoms. The highest BCUT2D eigenvalue weighted by Crippen LogP contribution is 2.37. The maximum atomic E-state index is 12.6. The van der Waals surface area contributed by atoms with Crippen molar-refractivity contribution < 1.29 is 18.8 Å². The Morgan fingerprint density at radius 2 is 1.59 bits per heavy atom. The van der Waals surface area contributed by atoms with Crippen molar-refractivity contribution in [2.75, 3.05) is 0 Å². The fourth-order valence-electron chi connectivity index (χ4n) is 2.79. The number of ketones is 1. The summed E-state index contributed by atoms with van der Waals surface area (Å²) in [5.74, 6) is 0.599. The van der Waals surface area contributed by atoms with Crippen molar-refractivity contribution in [2.45, 2.75) is 64.9 Å². The number of rotatable bonds is 9. The van der Waals surface area contributed by atoms with Crippen LogP contribution in [0.1, 0.15) is 38.8 Å². The molecule has 32 heavy (non-hydrogen) atoms. The first-order valence-corrected chi connectivity index (χ1v) is 13.7. The van der Waals surface area contributed by atoms with Crippen LogP contribution in [0.2, 0.25) is 18.1 Å². The van der Waals surface area contributed by atoms with E-state index in [9.17, 15) is 9.59 Å². The summed E-state index contributed by atoms with van der Waals surface area (Å²) in [4.78, 5) is 25.0. The summed E-state index contributed by atoms with van der Waals surface area (Å²) in [7, 11) is -1.93. The van der Waals surface area contributed by atoms with Crippen LogP contribution in [0.5, 0.6) is 5.75 Å². The monoisotopic (exact) mass is 453 g/mol. The Kier molecular flexibility index (Phi) is 8.44. The number of hydrogen-bond acceptors (Lipinski definition) is 4. The van der Waals surface area contributed by atoms with E-state index in [-0.39, 0.29) is 17.4 Å². The Morgan fingerprint density at radius 3 is 2.12 bits per heavy atom. The largest absolute Gasteiger partial charge is 0.544 e.